The molecule has 0 saturated heterocycles. The number of thiazole rings is 1. The van der Waals surface area contributed by atoms with Gasteiger partial charge in [0, 0.05) is 17.1 Å². The van der Waals surface area contributed by atoms with Crippen molar-refractivity contribution < 1.29 is 18.0 Å². The normalized spacial score (nSPS) is 11.7. The molecule has 4 aromatic rings. The van der Waals surface area contributed by atoms with Crippen LogP contribution in [0.5, 0.6) is 0 Å². The van der Waals surface area contributed by atoms with Crippen LogP contribution in [0.4, 0.5) is 18.9 Å². The van der Waals surface area contributed by atoms with E-state index in [4.69, 9.17) is 0 Å². The number of carbonyl (C=O) groups is 1. The first-order chi connectivity index (χ1) is 13.3. The Kier molecular flexibility index (Phi) is 4.34. The average Bonchev–Trinajstić information content (AvgIpc) is 3.27. The average molecular weight is 403 g/mol. The van der Waals surface area contributed by atoms with Crippen molar-refractivity contribution in [3.8, 4) is 11.3 Å². The Morgan fingerprint density at radius 2 is 1.96 bits per heavy atom. The number of carbonyl (C=O) groups excluding carboxylic acids is 1. The number of anilines is 1. The first-order valence-corrected chi connectivity index (χ1v) is 8.95. The molecule has 10 heteroatoms. The zero-order chi connectivity index (χ0) is 19.9. The van der Waals surface area contributed by atoms with Crippen LogP contribution in [0.1, 0.15) is 21.1 Å². The van der Waals surface area contributed by atoms with E-state index in [-0.39, 0.29) is 28.3 Å². The van der Waals surface area contributed by atoms with Crippen LogP contribution in [0.25, 0.3) is 16.9 Å². The van der Waals surface area contributed by atoms with Crippen molar-refractivity contribution in [2.24, 2.45) is 0 Å². The zero-order valence-electron chi connectivity index (χ0n) is 14.4. The van der Waals surface area contributed by atoms with Gasteiger partial charge in [-0.15, -0.1) is 11.3 Å². The van der Waals surface area contributed by atoms with Gasteiger partial charge in [0.25, 0.3) is 5.91 Å². The quantitative estimate of drug-likeness (QED) is 0.549. The SMILES string of the molecule is Cc1nc(C(=O)Nc2cnn3ccc(-c4ccccc4C(F)(F)F)nc23)cs1. The molecule has 0 bridgehead atoms. The van der Waals surface area contributed by atoms with E-state index >= 15 is 0 Å². The van der Waals surface area contributed by atoms with Crippen LogP contribution in [-0.4, -0.2) is 25.5 Å². The van der Waals surface area contributed by atoms with Crippen molar-refractivity contribution in [1.29, 1.82) is 0 Å². The van der Waals surface area contributed by atoms with Crippen molar-refractivity contribution in [2.75, 3.05) is 5.32 Å². The number of nitrogens with zero attached hydrogens (tertiary/aromatic N) is 4. The predicted molar refractivity (Wildman–Crippen MR) is 98.2 cm³/mol. The summed E-state index contributed by atoms with van der Waals surface area (Å²) in [6.45, 7) is 1.78. The molecular weight excluding hydrogens is 391 g/mol. The predicted octanol–water partition coefficient (Wildman–Crippen LogP) is 4.43. The highest BCUT2D eigenvalue weighted by atomic mass is 32.1. The van der Waals surface area contributed by atoms with Gasteiger partial charge in [0.2, 0.25) is 0 Å². The van der Waals surface area contributed by atoms with Crippen LogP contribution in [0.2, 0.25) is 0 Å². The van der Waals surface area contributed by atoms with Gasteiger partial charge in [0.15, 0.2) is 5.65 Å². The molecule has 3 heterocycles. The molecule has 0 atom stereocenters. The summed E-state index contributed by atoms with van der Waals surface area (Å²) < 4.78 is 41.3. The van der Waals surface area contributed by atoms with Crippen LogP contribution in [0.15, 0.2) is 48.1 Å². The number of halogens is 3. The first kappa shape index (κ1) is 18.1. The molecule has 0 aliphatic carbocycles. The summed E-state index contributed by atoms with van der Waals surface area (Å²) in [7, 11) is 0. The number of rotatable bonds is 3. The molecule has 142 valence electrons. The minimum Gasteiger partial charge on any atom is -0.316 e. The number of nitrogens with one attached hydrogen (secondary N) is 1. The van der Waals surface area contributed by atoms with Gasteiger partial charge < -0.3 is 5.32 Å². The number of hydrogen-bond acceptors (Lipinski definition) is 5. The maximum absolute atomic E-state index is 13.3. The lowest BCUT2D eigenvalue weighted by Gasteiger charge is -2.12. The highest BCUT2D eigenvalue weighted by molar-refractivity contribution is 7.09. The fraction of sp³-hybridized carbons (Fsp3) is 0.111. The smallest absolute Gasteiger partial charge is 0.316 e. The summed E-state index contributed by atoms with van der Waals surface area (Å²) in [6.07, 6.45) is -1.63. The van der Waals surface area contributed by atoms with E-state index in [1.807, 2.05) is 0 Å². The van der Waals surface area contributed by atoms with Gasteiger partial charge in [-0.1, -0.05) is 18.2 Å². The van der Waals surface area contributed by atoms with E-state index < -0.39 is 17.6 Å². The summed E-state index contributed by atoms with van der Waals surface area (Å²) in [5.41, 5.74) is 0.0547. The Bertz CT molecular complexity index is 1180. The van der Waals surface area contributed by atoms with Crippen molar-refractivity contribution in [1.82, 2.24) is 19.6 Å². The molecule has 0 spiro atoms. The van der Waals surface area contributed by atoms with E-state index in [0.717, 1.165) is 11.1 Å². The molecule has 1 N–H and O–H groups in total. The van der Waals surface area contributed by atoms with E-state index in [9.17, 15) is 18.0 Å². The van der Waals surface area contributed by atoms with Crippen LogP contribution in [0, 0.1) is 6.92 Å². The number of aromatic nitrogens is 4. The molecule has 3 aromatic heterocycles. The summed E-state index contributed by atoms with van der Waals surface area (Å²) in [4.78, 5) is 20.7. The van der Waals surface area contributed by atoms with E-state index in [2.05, 4.69) is 20.4 Å². The summed E-state index contributed by atoms with van der Waals surface area (Å²) >= 11 is 1.34. The Balaban J connectivity index is 1.74. The van der Waals surface area contributed by atoms with Gasteiger partial charge in [-0.3, -0.25) is 4.79 Å². The fourth-order valence-corrected chi connectivity index (χ4v) is 3.31. The van der Waals surface area contributed by atoms with Crippen LogP contribution in [0.3, 0.4) is 0 Å². The minimum atomic E-state index is -4.51. The monoisotopic (exact) mass is 403 g/mol. The largest absolute Gasteiger partial charge is 0.417 e. The Hall–Kier alpha value is -3.27. The third-order valence-electron chi connectivity index (χ3n) is 3.98. The van der Waals surface area contributed by atoms with Gasteiger partial charge in [-0.2, -0.15) is 18.3 Å². The minimum absolute atomic E-state index is 0.0499. The molecule has 4 rings (SSSR count). The zero-order valence-corrected chi connectivity index (χ0v) is 15.2. The number of aryl methyl sites for hydroxylation is 1. The van der Waals surface area contributed by atoms with Crippen molar-refractivity contribution in [2.45, 2.75) is 13.1 Å². The van der Waals surface area contributed by atoms with Crippen molar-refractivity contribution >= 4 is 28.6 Å². The molecule has 1 amide bonds. The lowest BCUT2D eigenvalue weighted by Crippen LogP contribution is -2.12. The summed E-state index contributed by atoms with van der Waals surface area (Å²) in [5.74, 6) is -0.442. The number of hydrogen-bond donors (Lipinski definition) is 1. The summed E-state index contributed by atoms with van der Waals surface area (Å²) in [5, 5.41) is 9.10. The first-order valence-electron chi connectivity index (χ1n) is 8.07. The molecule has 0 radical (unpaired) electrons. The Labute approximate surface area is 160 Å². The van der Waals surface area contributed by atoms with Gasteiger partial charge in [-0.25, -0.2) is 14.5 Å². The van der Waals surface area contributed by atoms with Gasteiger partial charge >= 0.3 is 6.18 Å². The Morgan fingerprint density at radius 1 is 1.18 bits per heavy atom. The summed E-state index contributed by atoms with van der Waals surface area (Å²) in [6, 6.07) is 6.64. The van der Waals surface area contributed by atoms with Crippen molar-refractivity contribution in [3.05, 3.63) is 64.4 Å². The van der Waals surface area contributed by atoms with Gasteiger partial charge in [0.1, 0.15) is 11.4 Å². The number of benzene rings is 1. The number of amides is 1. The molecule has 0 saturated carbocycles. The third kappa shape index (κ3) is 3.33. The number of alkyl halides is 3. The third-order valence-corrected chi connectivity index (χ3v) is 4.75. The number of fused-ring (bicyclic) bond motifs is 1. The molecular formula is C18H12F3N5OS. The molecule has 1 aromatic carbocycles. The lowest BCUT2D eigenvalue weighted by molar-refractivity contribution is -0.137. The molecule has 0 aliphatic rings. The topological polar surface area (TPSA) is 72.2 Å². The van der Waals surface area contributed by atoms with E-state index in [0.29, 0.717) is 0 Å². The van der Waals surface area contributed by atoms with Gasteiger partial charge in [0.05, 0.1) is 22.5 Å². The lowest BCUT2D eigenvalue weighted by atomic mass is 10.0. The van der Waals surface area contributed by atoms with E-state index in [1.165, 1.54) is 52.5 Å². The van der Waals surface area contributed by atoms with E-state index in [1.54, 1.807) is 12.3 Å². The second-order valence-electron chi connectivity index (χ2n) is 5.89. The second-order valence-corrected chi connectivity index (χ2v) is 6.95. The standard InChI is InChI=1S/C18H12F3N5OS/c1-10-23-15(9-28-10)17(27)25-14-8-22-26-7-6-13(24-16(14)26)11-4-2-3-5-12(11)18(19,20)21/h2-9H,1H3,(H,25,27). The van der Waals surface area contributed by atoms with Crippen LogP contribution < -0.4 is 5.32 Å². The highest BCUT2D eigenvalue weighted by Gasteiger charge is 2.33. The molecule has 0 fully saturated rings. The van der Waals surface area contributed by atoms with Gasteiger partial charge in [-0.05, 0) is 19.1 Å². The van der Waals surface area contributed by atoms with Crippen LogP contribution in [-0.2, 0) is 6.18 Å². The maximum Gasteiger partial charge on any atom is 0.417 e. The molecule has 0 aliphatic heterocycles. The molecule has 0 unspecified atom stereocenters. The fourth-order valence-electron chi connectivity index (χ4n) is 2.71. The second kappa shape index (κ2) is 6.71. The highest BCUT2D eigenvalue weighted by Crippen LogP contribution is 2.36. The molecule has 6 nitrogen and oxygen atoms in total. The maximum atomic E-state index is 13.3. The van der Waals surface area contributed by atoms with Crippen molar-refractivity contribution in [3.63, 3.8) is 0 Å². The molecule has 28 heavy (non-hydrogen) atoms. The van der Waals surface area contributed by atoms with Crippen LogP contribution >= 0.6 is 11.3 Å². The Morgan fingerprint density at radius 3 is 2.68 bits per heavy atom.